The lowest BCUT2D eigenvalue weighted by Gasteiger charge is -2.10. The van der Waals surface area contributed by atoms with Gasteiger partial charge in [-0.3, -0.25) is 0 Å². The number of phenols is 1. The highest BCUT2D eigenvalue weighted by atomic mass is 16.3. The molecule has 0 atom stereocenters. The van der Waals surface area contributed by atoms with E-state index in [1.54, 1.807) is 12.1 Å². The largest absolute Gasteiger partial charge is 0.508 e. The minimum Gasteiger partial charge on any atom is -0.508 e. The monoisotopic (exact) mass is 278 g/mol. The third-order valence-electron chi connectivity index (χ3n) is 3.62. The van der Waals surface area contributed by atoms with Gasteiger partial charge in [0.15, 0.2) is 0 Å². The summed E-state index contributed by atoms with van der Waals surface area (Å²) < 4.78 is 2.19. The van der Waals surface area contributed by atoms with Crippen molar-refractivity contribution < 1.29 is 5.11 Å². The maximum absolute atomic E-state index is 9.32. The van der Waals surface area contributed by atoms with Crippen LogP contribution in [0.5, 0.6) is 5.75 Å². The lowest BCUT2D eigenvalue weighted by Crippen LogP contribution is -2.04. The highest BCUT2D eigenvalue weighted by molar-refractivity contribution is 5.75. The number of aromatic nitrogens is 2. The molecule has 0 saturated heterocycles. The fourth-order valence-corrected chi connectivity index (χ4v) is 2.58. The van der Waals surface area contributed by atoms with Gasteiger partial charge in [0.25, 0.3) is 0 Å². The van der Waals surface area contributed by atoms with Crippen LogP contribution in [0.25, 0.3) is 11.0 Å². The Kier molecular flexibility index (Phi) is 3.48. The van der Waals surface area contributed by atoms with Gasteiger partial charge in [-0.05, 0) is 43.2 Å². The van der Waals surface area contributed by atoms with Crippen LogP contribution in [0, 0.1) is 6.92 Å². The Labute approximate surface area is 124 Å². The first-order valence-corrected chi connectivity index (χ1v) is 7.00. The first-order chi connectivity index (χ1) is 10.1. The Morgan fingerprint density at radius 3 is 2.62 bits per heavy atom. The van der Waals surface area contributed by atoms with Crippen LogP contribution in [0.4, 0.5) is 0 Å². The third kappa shape index (κ3) is 2.82. The van der Waals surface area contributed by atoms with Crippen molar-refractivity contribution in [3.05, 3.63) is 72.1 Å². The summed E-state index contributed by atoms with van der Waals surface area (Å²) in [5.74, 6) is 1.30. The first-order valence-electron chi connectivity index (χ1n) is 7.00. The van der Waals surface area contributed by atoms with E-state index in [0.29, 0.717) is 5.75 Å². The van der Waals surface area contributed by atoms with Crippen LogP contribution in [0.1, 0.15) is 11.4 Å². The molecule has 0 saturated carbocycles. The van der Waals surface area contributed by atoms with Crippen molar-refractivity contribution >= 4 is 11.0 Å². The van der Waals surface area contributed by atoms with Crippen LogP contribution in [-0.4, -0.2) is 14.7 Å². The SMILES string of the molecule is C=C(Cc1ccc(O)cc1)Cn1c(C)nc2ccccc21. The molecule has 1 aromatic heterocycles. The molecule has 106 valence electrons. The predicted octanol–water partition coefficient (Wildman–Crippen LogP) is 3.85. The fraction of sp³-hybridized carbons (Fsp3) is 0.167. The molecule has 2 aromatic carbocycles. The number of imidazole rings is 1. The van der Waals surface area contributed by atoms with Gasteiger partial charge >= 0.3 is 0 Å². The summed E-state index contributed by atoms with van der Waals surface area (Å²) in [6.07, 6.45) is 0.798. The number of hydrogen-bond acceptors (Lipinski definition) is 2. The Morgan fingerprint density at radius 2 is 1.86 bits per heavy atom. The minimum absolute atomic E-state index is 0.292. The molecule has 3 aromatic rings. The quantitative estimate of drug-likeness (QED) is 0.736. The molecule has 0 bridgehead atoms. The second-order valence-electron chi connectivity index (χ2n) is 5.33. The zero-order chi connectivity index (χ0) is 14.8. The van der Waals surface area contributed by atoms with E-state index in [9.17, 15) is 5.11 Å². The molecule has 0 aliphatic heterocycles. The topological polar surface area (TPSA) is 38.0 Å². The number of rotatable bonds is 4. The number of para-hydroxylation sites is 2. The molecular formula is C18H18N2O. The van der Waals surface area contributed by atoms with E-state index in [1.165, 1.54) is 0 Å². The van der Waals surface area contributed by atoms with Crippen LogP contribution >= 0.6 is 0 Å². The van der Waals surface area contributed by atoms with Gasteiger partial charge in [-0.1, -0.05) is 36.4 Å². The molecule has 0 aliphatic carbocycles. The Bertz CT molecular complexity index is 785. The van der Waals surface area contributed by atoms with Crippen LogP contribution < -0.4 is 0 Å². The highest BCUT2D eigenvalue weighted by Crippen LogP contribution is 2.19. The zero-order valence-corrected chi connectivity index (χ0v) is 12.1. The number of benzene rings is 2. The number of phenolic OH excluding ortho intramolecular Hbond substituents is 1. The summed E-state index contributed by atoms with van der Waals surface area (Å²) in [7, 11) is 0. The lowest BCUT2D eigenvalue weighted by molar-refractivity contribution is 0.475. The van der Waals surface area contributed by atoms with Crippen LogP contribution in [-0.2, 0) is 13.0 Å². The molecule has 0 amide bonds. The van der Waals surface area contributed by atoms with E-state index in [0.717, 1.165) is 41.0 Å². The maximum Gasteiger partial charge on any atom is 0.115 e. The number of aryl methyl sites for hydroxylation is 1. The van der Waals surface area contributed by atoms with E-state index in [4.69, 9.17) is 0 Å². The van der Waals surface area contributed by atoms with E-state index in [2.05, 4.69) is 22.2 Å². The Morgan fingerprint density at radius 1 is 1.14 bits per heavy atom. The van der Waals surface area contributed by atoms with Crippen molar-refractivity contribution in [3.8, 4) is 5.75 Å². The van der Waals surface area contributed by atoms with Gasteiger partial charge in [0.05, 0.1) is 11.0 Å². The third-order valence-corrected chi connectivity index (χ3v) is 3.62. The summed E-state index contributed by atoms with van der Waals surface area (Å²) in [4.78, 5) is 4.57. The average Bonchev–Trinajstić information content (AvgIpc) is 2.78. The van der Waals surface area contributed by atoms with E-state index in [-0.39, 0.29) is 0 Å². The lowest BCUT2D eigenvalue weighted by atomic mass is 10.1. The van der Waals surface area contributed by atoms with Gasteiger partial charge in [-0.2, -0.15) is 0 Å². The van der Waals surface area contributed by atoms with Crippen LogP contribution in [0.2, 0.25) is 0 Å². The Balaban J connectivity index is 1.80. The Hall–Kier alpha value is -2.55. The van der Waals surface area contributed by atoms with Gasteiger partial charge in [0.1, 0.15) is 11.6 Å². The molecule has 21 heavy (non-hydrogen) atoms. The molecule has 0 fully saturated rings. The second kappa shape index (κ2) is 5.44. The van der Waals surface area contributed by atoms with Crippen molar-refractivity contribution in [2.75, 3.05) is 0 Å². The summed E-state index contributed by atoms with van der Waals surface area (Å²) in [6, 6.07) is 15.4. The number of allylic oxidation sites excluding steroid dienone is 1. The number of fused-ring (bicyclic) bond motifs is 1. The fourth-order valence-electron chi connectivity index (χ4n) is 2.58. The van der Waals surface area contributed by atoms with Gasteiger partial charge < -0.3 is 9.67 Å². The van der Waals surface area contributed by atoms with Crippen molar-refractivity contribution in [1.82, 2.24) is 9.55 Å². The predicted molar refractivity (Wildman–Crippen MR) is 85.4 cm³/mol. The van der Waals surface area contributed by atoms with Gasteiger partial charge in [-0.25, -0.2) is 4.98 Å². The second-order valence-corrected chi connectivity index (χ2v) is 5.33. The highest BCUT2D eigenvalue weighted by Gasteiger charge is 2.08. The smallest absolute Gasteiger partial charge is 0.115 e. The first kappa shape index (κ1) is 13.4. The summed E-state index contributed by atoms with van der Waals surface area (Å²) >= 11 is 0. The average molecular weight is 278 g/mol. The van der Waals surface area contributed by atoms with Crippen molar-refractivity contribution in [2.45, 2.75) is 19.9 Å². The molecule has 0 spiro atoms. The van der Waals surface area contributed by atoms with Crippen molar-refractivity contribution in [2.24, 2.45) is 0 Å². The van der Waals surface area contributed by atoms with E-state index >= 15 is 0 Å². The number of aromatic hydroxyl groups is 1. The molecule has 1 heterocycles. The maximum atomic E-state index is 9.32. The molecule has 3 rings (SSSR count). The molecule has 1 N–H and O–H groups in total. The number of hydrogen-bond donors (Lipinski definition) is 1. The van der Waals surface area contributed by atoms with Crippen LogP contribution in [0.3, 0.4) is 0 Å². The van der Waals surface area contributed by atoms with Gasteiger partial charge in [-0.15, -0.1) is 0 Å². The van der Waals surface area contributed by atoms with Gasteiger partial charge in [0.2, 0.25) is 0 Å². The summed E-state index contributed by atoms with van der Waals surface area (Å²) in [6.45, 7) is 6.96. The normalized spacial score (nSPS) is 10.9. The molecule has 0 unspecified atom stereocenters. The van der Waals surface area contributed by atoms with E-state index < -0.39 is 0 Å². The molecule has 3 heteroatoms. The minimum atomic E-state index is 0.292. The van der Waals surface area contributed by atoms with Gasteiger partial charge in [0, 0.05) is 6.54 Å². The van der Waals surface area contributed by atoms with Crippen molar-refractivity contribution in [3.63, 3.8) is 0 Å². The summed E-state index contributed by atoms with van der Waals surface area (Å²) in [5, 5.41) is 9.32. The molecule has 0 aliphatic rings. The molecule has 3 nitrogen and oxygen atoms in total. The number of nitrogens with zero attached hydrogens (tertiary/aromatic N) is 2. The van der Waals surface area contributed by atoms with Crippen molar-refractivity contribution in [1.29, 1.82) is 0 Å². The van der Waals surface area contributed by atoms with Crippen LogP contribution in [0.15, 0.2) is 60.7 Å². The molecular weight excluding hydrogens is 260 g/mol. The zero-order valence-electron chi connectivity index (χ0n) is 12.1. The standard InChI is InChI=1S/C18H18N2O/c1-13(11-15-7-9-16(21)10-8-15)12-20-14(2)19-17-5-3-4-6-18(17)20/h3-10,21H,1,11-12H2,2H3. The van der Waals surface area contributed by atoms with E-state index in [1.807, 2.05) is 37.3 Å². The molecule has 0 radical (unpaired) electrons. The summed E-state index contributed by atoms with van der Waals surface area (Å²) in [5.41, 5.74) is 4.43.